The minimum atomic E-state index is -0.0511. The third kappa shape index (κ3) is 5.28. The van der Waals surface area contributed by atoms with E-state index in [0.29, 0.717) is 0 Å². The molecule has 5 nitrogen and oxygen atoms in total. The van der Waals surface area contributed by atoms with Crippen molar-refractivity contribution in [3.63, 3.8) is 0 Å². The van der Waals surface area contributed by atoms with Gasteiger partial charge in [-0.2, -0.15) is 0 Å². The number of hydrogen-bond acceptors (Lipinski definition) is 4. The fourth-order valence-corrected chi connectivity index (χ4v) is 3.11. The molecule has 1 fully saturated rings. The number of anilines is 1. The first-order valence-corrected chi connectivity index (χ1v) is 9.52. The van der Waals surface area contributed by atoms with Crippen LogP contribution in [-0.2, 0) is 5.11 Å². The Bertz CT molecular complexity index is 650. The summed E-state index contributed by atoms with van der Waals surface area (Å²) in [4.78, 5) is 6.42. The van der Waals surface area contributed by atoms with Crippen LogP contribution in [0.25, 0.3) is 0 Å². The van der Waals surface area contributed by atoms with Crippen LogP contribution in [0.4, 0.5) is 5.82 Å². The number of ether oxygens (including phenoxy) is 2. The molecule has 0 N–H and O–H groups in total. The summed E-state index contributed by atoms with van der Waals surface area (Å²) in [7, 11) is 0. The van der Waals surface area contributed by atoms with Gasteiger partial charge in [-0.25, -0.2) is 4.98 Å². The van der Waals surface area contributed by atoms with Gasteiger partial charge in [0.25, 0.3) is 0 Å². The second-order valence-electron chi connectivity index (χ2n) is 6.68. The Morgan fingerprint density at radius 1 is 1.04 bits per heavy atom. The molecule has 0 bridgehead atoms. The van der Waals surface area contributed by atoms with Gasteiger partial charge in [-0.3, -0.25) is 5.11 Å². The summed E-state index contributed by atoms with van der Waals surface area (Å²) in [5.41, 5.74) is 0. The van der Waals surface area contributed by atoms with E-state index in [9.17, 15) is 5.11 Å². The summed E-state index contributed by atoms with van der Waals surface area (Å²) in [6, 6.07) is 11.3. The zero-order valence-corrected chi connectivity index (χ0v) is 15.4. The molecule has 0 unspecified atom stereocenters. The Hall–Kier alpha value is -2.43. The average Bonchev–Trinajstić information content (AvgIpc) is 2.68. The highest BCUT2D eigenvalue weighted by Crippen LogP contribution is 2.24. The van der Waals surface area contributed by atoms with Crippen molar-refractivity contribution in [2.75, 3.05) is 24.6 Å². The van der Waals surface area contributed by atoms with E-state index in [4.69, 9.17) is 9.47 Å². The number of pyridine rings is 1. The molecule has 1 aromatic heterocycles. The van der Waals surface area contributed by atoms with Gasteiger partial charge in [0.1, 0.15) is 23.4 Å². The van der Waals surface area contributed by atoms with Crippen molar-refractivity contribution in [3.05, 3.63) is 42.6 Å². The second kappa shape index (κ2) is 9.32. The highest BCUT2D eigenvalue weighted by Gasteiger charge is 2.21. The number of unbranched alkanes of at least 4 members (excludes halogenated alkanes) is 2. The van der Waals surface area contributed by atoms with Gasteiger partial charge >= 0.3 is 0 Å². The van der Waals surface area contributed by atoms with Crippen LogP contribution in [0.5, 0.6) is 17.2 Å². The summed E-state index contributed by atoms with van der Waals surface area (Å²) in [6.45, 7) is 4.73. The third-order valence-corrected chi connectivity index (χ3v) is 4.63. The van der Waals surface area contributed by atoms with Crippen molar-refractivity contribution < 1.29 is 14.6 Å². The van der Waals surface area contributed by atoms with Gasteiger partial charge in [0.15, 0.2) is 5.75 Å². The van der Waals surface area contributed by atoms with E-state index in [1.54, 1.807) is 12.1 Å². The average molecular weight is 355 g/mol. The predicted molar refractivity (Wildman–Crippen MR) is 102 cm³/mol. The topological polar surface area (TPSA) is 54.5 Å². The molecule has 2 heterocycles. The lowest BCUT2D eigenvalue weighted by Gasteiger charge is -2.32. The van der Waals surface area contributed by atoms with Crippen molar-refractivity contribution in [1.82, 2.24) is 4.98 Å². The first kappa shape index (κ1) is 18.4. The van der Waals surface area contributed by atoms with E-state index in [0.717, 1.165) is 56.3 Å². The first-order chi connectivity index (χ1) is 12.7. The zero-order valence-electron chi connectivity index (χ0n) is 15.4. The number of aromatic nitrogens is 1. The van der Waals surface area contributed by atoms with E-state index in [1.165, 1.54) is 19.0 Å². The standard InChI is InChI=1S/C21H27N2O3/c1-2-3-4-15-25-18-6-8-19(9-7-18)26-20-11-13-23(14-12-20)21-10-5-17(24)16-22-21/h5-10,16,20H,2-4,11-15H2,1H3. The molecule has 0 amide bonds. The van der Waals surface area contributed by atoms with Crippen LogP contribution < -0.4 is 14.4 Å². The van der Waals surface area contributed by atoms with Gasteiger partial charge < -0.3 is 14.4 Å². The smallest absolute Gasteiger partial charge is 0.197 e. The largest absolute Gasteiger partial charge is 0.494 e. The fraction of sp³-hybridized carbons (Fsp3) is 0.476. The maximum absolute atomic E-state index is 11.2. The van der Waals surface area contributed by atoms with Gasteiger partial charge in [0.05, 0.1) is 12.8 Å². The van der Waals surface area contributed by atoms with Crippen molar-refractivity contribution >= 4 is 5.82 Å². The Labute approximate surface area is 155 Å². The summed E-state index contributed by atoms with van der Waals surface area (Å²) < 4.78 is 11.8. The van der Waals surface area contributed by atoms with Crippen LogP contribution in [0.15, 0.2) is 42.6 Å². The highest BCUT2D eigenvalue weighted by atomic mass is 16.5. The molecule has 2 aromatic rings. The maximum Gasteiger partial charge on any atom is 0.197 e. The SMILES string of the molecule is CCCCCOc1ccc(OC2CCN(c3ccc([O])cn3)CC2)cc1. The van der Waals surface area contributed by atoms with E-state index in [1.807, 2.05) is 24.3 Å². The monoisotopic (exact) mass is 355 g/mol. The van der Waals surface area contributed by atoms with Crippen LogP contribution in [-0.4, -0.2) is 30.8 Å². The van der Waals surface area contributed by atoms with Crippen LogP contribution in [0.1, 0.15) is 39.0 Å². The Morgan fingerprint density at radius 2 is 1.77 bits per heavy atom. The molecule has 0 atom stereocenters. The molecule has 0 saturated carbocycles. The zero-order chi connectivity index (χ0) is 18.2. The fourth-order valence-electron chi connectivity index (χ4n) is 3.11. The lowest BCUT2D eigenvalue weighted by molar-refractivity contribution is 0.170. The number of hydrogen-bond donors (Lipinski definition) is 0. The normalized spacial score (nSPS) is 15.0. The van der Waals surface area contributed by atoms with Crippen molar-refractivity contribution in [1.29, 1.82) is 0 Å². The molecular formula is C21H27N2O3. The van der Waals surface area contributed by atoms with Gasteiger partial charge in [-0.1, -0.05) is 19.8 Å². The van der Waals surface area contributed by atoms with Crippen molar-refractivity contribution in [2.45, 2.75) is 45.1 Å². The van der Waals surface area contributed by atoms with E-state index in [2.05, 4.69) is 16.8 Å². The van der Waals surface area contributed by atoms with Crippen LogP contribution in [0, 0.1) is 0 Å². The Balaban J connectivity index is 1.43. The summed E-state index contributed by atoms with van der Waals surface area (Å²) >= 11 is 0. The summed E-state index contributed by atoms with van der Waals surface area (Å²) in [5, 5.41) is 11.2. The van der Waals surface area contributed by atoms with Gasteiger partial charge in [0.2, 0.25) is 0 Å². The van der Waals surface area contributed by atoms with E-state index in [-0.39, 0.29) is 11.9 Å². The quantitative estimate of drug-likeness (QED) is 0.636. The Morgan fingerprint density at radius 3 is 2.42 bits per heavy atom. The minimum Gasteiger partial charge on any atom is -0.494 e. The minimum absolute atomic E-state index is 0.0511. The lowest BCUT2D eigenvalue weighted by Crippen LogP contribution is -2.38. The summed E-state index contributed by atoms with van der Waals surface area (Å²) in [6.07, 6.45) is 6.97. The van der Waals surface area contributed by atoms with E-state index >= 15 is 0 Å². The molecule has 1 aliphatic rings. The van der Waals surface area contributed by atoms with Gasteiger partial charge in [0, 0.05) is 25.9 Å². The molecule has 3 rings (SSSR count). The van der Waals surface area contributed by atoms with Crippen molar-refractivity contribution in [3.8, 4) is 17.2 Å². The number of piperidine rings is 1. The molecule has 0 spiro atoms. The van der Waals surface area contributed by atoms with Gasteiger partial charge in [-0.05, 0) is 42.8 Å². The predicted octanol–water partition coefficient (Wildman–Crippen LogP) is 4.84. The molecule has 139 valence electrons. The highest BCUT2D eigenvalue weighted by molar-refractivity contribution is 5.41. The van der Waals surface area contributed by atoms with Crippen LogP contribution in [0.2, 0.25) is 0 Å². The maximum atomic E-state index is 11.2. The second-order valence-corrected chi connectivity index (χ2v) is 6.68. The molecule has 26 heavy (non-hydrogen) atoms. The molecule has 1 aromatic carbocycles. The van der Waals surface area contributed by atoms with Gasteiger partial charge in [-0.15, -0.1) is 0 Å². The molecule has 1 saturated heterocycles. The molecule has 1 aliphatic heterocycles. The Kier molecular flexibility index (Phi) is 6.58. The molecular weight excluding hydrogens is 328 g/mol. The van der Waals surface area contributed by atoms with Crippen molar-refractivity contribution in [2.24, 2.45) is 0 Å². The van der Waals surface area contributed by atoms with E-state index < -0.39 is 0 Å². The van der Waals surface area contributed by atoms with Crippen LogP contribution >= 0.6 is 0 Å². The lowest BCUT2D eigenvalue weighted by atomic mass is 10.1. The molecule has 5 heteroatoms. The molecule has 0 aliphatic carbocycles. The first-order valence-electron chi connectivity index (χ1n) is 9.52. The third-order valence-electron chi connectivity index (χ3n) is 4.63. The number of nitrogens with zero attached hydrogens (tertiary/aromatic N) is 2. The number of benzene rings is 1. The summed E-state index contributed by atoms with van der Waals surface area (Å²) in [5.74, 6) is 2.60. The molecule has 1 radical (unpaired) electrons. The number of rotatable bonds is 8. The van der Waals surface area contributed by atoms with Crippen LogP contribution in [0.3, 0.4) is 0 Å².